The second-order valence-electron chi connectivity index (χ2n) is 9.37. The first-order valence-corrected chi connectivity index (χ1v) is 12.9. The molecule has 0 bridgehead atoms. The van der Waals surface area contributed by atoms with E-state index in [1.807, 2.05) is 0 Å². The largest absolute Gasteiger partial charge is 0.466 e. The number of carbonyl (C=O) groups excluding carboxylic acids is 3. The molecule has 0 radical (unpaired) electrons. The van der Waals surface area contributed by atoms with Gasteiger partial charge >= 0.3 is 11.9 Å². The van der Waals surface area contributed by atoms with Crippen molar-refractivity contribution < 1.29 is 23.9 Å². The Balaban J connectivity index is 2.60. The summed E-state index contributed by atoms with van der Waals surface area (Å²) in [6.45, 7) is 6.57. The Labute approximate surface area is 206 Å². The lowest BCUT2D eigenvalue weighted by molar-refractivity contribution is -0.147. The summed E-state index contributed by atoms with van der Waals surface area (Å²) in [7, 11) is 0. The number of unbranched alkanes of at least 4 members (excludes halogenated alkanes) is 7. The summed E-state index contributed by atoms with van der Waals surface area (Å²) >= 11 is 0. The molecule has 1 N–H and O–H groups in total. The van der Waals surface area contributed by atoms with Crippen LogP contribution in [0.4, 0.5) is 0 Å². The Kier molecular flexibility index (Phi) is 14.9. The molecule has 1 aromatic rings. The van der Waals surface area contributed by atoms with Crippen molar-refractivity contribution in [1.29, 1.82) is 0 Å². The van der Waals surface area contributed by atoms with Gasteiger partial charge in [-0.25, -0.2) is 0 Å². The average Bonchev–Trinajstić information content (AvgIpc) is 2.78. The van der Waals surface area contributed by atoms with Crippen LogP contribution in [0.1, 0.15) is 103 Å². The summed E-state index contributed by atoms with van der Waals surface area (Å²) in [6, 6.07) is 8.64. The van der Waals surface area contributed by atoms with Gasteiger partial charge in [-0.15, -0.1) is 0 Å². The molecule has 0 saturated carbocycles. The maximum Gasteiger partial charge on any atom is 0.302 e. The molecule has 6 nitrogen and oxygen atoms in total. The zero-order valence-electron chi connectivity index (χ0n) is 21.8. The van der Waals surface area contributed by atoms with Gasteiger partial charge < -0.3 is 14.8 Å². The molecule has 0 aromatic heterocycles. The quantitative estimate of drug-likeness (QED) is 0.218. The first kappa shape index (κ1) is 29.7. The fourth-order valence-electron chi connectivity index (χ4n) is 4.15. The number of esters is 2. The second-order valence-corrected chi connectivity index (χ2v) is 9.37. The third-order valence-corrected chi connectivity index (χ3v) is 6.11. The van der Waals surface area contributed by atoms with Crippen LogP contribution in [0.15, 0.2) is 24.3 Å². The minimum Gasteiger partial charge on any atom is -0.466 e. The van der Waals surface area contributed by atoms with Gasteiger partial charge in [-0.05, 0) is 36.8 Å². The third-order valence-electron chi connectivity index (χ3n) is 6.11. The van der Waals surface area contributed by atoms with Gasteiger partial charge in [0.05, 0.1) is 12.1 Å². The molecule has 34 heavy (non-hydrogen) atoms. The highest BCUT2D eigenvalue weighted by atomic mass is 16.5. The topological polar surface area (TPSA) is 81.7 Å². The van der Waals surface area contributed by atoms with E-state index < -0.39 is 11.5 Å². The SMILES string of the molecule is CCCCCCCCCCc1ccc(CCC(CCOC(C)=O)(COC(C)=O)NC(C)=O)cc1. The van der Waals surface area contributed by atoms with Gasteiger partial charge in [0, 0.05) is 27.2 Å². The molecule has 6 heteroatoms. The van der Waals surface area contributed by atoms with Crippen LogP contribution < -0.4 is 5.32 Å². The highest BCUT2D eigenvalue weighted by Crippen LogP contribution is 2.21. The standard InChI is InChI=1S/C28H45NO5/c1-5-6-7-8-9-10-11-12-13-26-14-16-27(17-15-26)18-19-28(29-23(2)30,22-34-25(4)32)20-21-33-24(3)31/h14-17H,5-13,18-22H2,1-4H3,(H,29,30). The summed E-state index contributed by atoms with van der Waals surface area (Å²) in [5, 5.41) is 2.95. The van der Waals surface area contributed by atoms with Crippen molar-refractivity contribution in [3.8, 4) is 0 Å². The number of nitrogens with one attached hydrogen (secondary N) is 1. The predicted molar refractivity (Wildman–Crippen MR) is 136 cm³/mol. The number of hydrogen-bond acceptors (Lipinski definition) is 5. The predicted octanol–water partition coefficient (Wildman–Crippen LogP) is 5.69. The number of rotatable bonds is 18. The smallest absolute Gasteiger partial charge is 0.302 e. The molecule has 1 atom stereocenters. The fraction of sp³-hybridized carbons (Fsp3) is 0.679. The van der Waals surface area contributed by atoms with E-state index in [0.717, 1.165) is 12.0 Å². The highest BCUT2D eigenvalue weighted by Gasteiger charge is 2.32. The molecule has 1 rings (SSSR count). The lowest BCUT2D eigenvalue weighted by Gasteiger charge is -2.34. The van der Waals surface area contributed by atoms with Gasteiger partial charge in [0.15, 0.2) is 0 Å². The van der Waals surface area contributed by atoms with Crippen molar-refractivity contribution in [2.45, 2.75) is 110 Å². The van der Waals surface area contributed by atoms with Crippen molar-refractivity contribution in [2.24, 2.45) is 0 Å². The molecular formula is C28H45NO5. The number of aryl methyl sites for hydroxylation is 2. The molecule has 0 spiro atoms. The average molecular weight is 476 g/mol. The summed E-state index contributed by atoms with van der Waals surface area (Å²) in [5.41, 5.74) is 1.71. The zero-order valence-corrected chi connectivity index (χ0v) is 21.8. The highest BCUT2D eigenvalue weighted by molar-refractivity contribution is 5.74. The Hall–Kier alpha value is -2.37. The van der Waals surface area contributed by atoms with E-state index in [1.54, 1.807) is 0 Å². The van der Waals surface area contributed by atoms with Gasteiger partial charge in [-0.2, -0.15) is 0 Å². The van der Waals surface area contributed by atoms with Crippen LogP contribution in [0.5, 0.6) is 0 Å². The molecule has 0 saturated heterocycles. The fourth-order valence-corrected chi connectivity index (χ4v) is 4.15. The lowest BCUT2D eigenvalue weighted by atomic mass is 9.88. The van der Waals surface area contributed by atoms with E-state index >= 15 is 0 Å². The van der Waals surface area contributed by atoms with E-state index in [-0.39, 0.29) is 25.1 Å². The van der Waals surface area contributed by atoms with Crippen molar-refractivity contribution in [3.63, 3.8) is 0 Å². The van der Waals surface area contributed by atoms with Crippen LogP contribution in [0.25, 0.3) is 0 Å². The minimum absolute atomic E-state index is 0.0414. The summed E-state index contributed by atoms with van der Waals surface area (Å²) < 4.78 is 10.4. The zero-order chi connectivity index (χ0) is 25.2. The van der Waals surface area contributed by atoms with Crippen molar-refractivity contribution in [2.75, 3.05) is 13.2 Å². The molecule has 0 heterocycles. The van der Waals surface area contributed by atoms with Crippen LogP contribution in [-0.4, -0.2) is 36.6 Å². The van der Waals surface area contributed by atoms with Crippen molar-refractivity contribution in [1.82, 2.24) is 5.32 Å². The van der Waals surface area contributed by atoms with Crippen LogP contribution in [-0.2, 0) is 36.7 Å². The monoisotopic (exact) mass is 475 g/mol. The third kappa shape index (κ3) is 14.0. The molecule has 1 unspecified atom stereocenters. The maximum absolute atomic E-state index is 11.9. The Morgan fingerprint density at radius 3 is 1.79 bits per heavy atom. The van der Waals surface area contributed by atoms with Gasteiger partial charge in [0.1, 0.15) is 6.61 Å². The van der Waals surface area contributed by atoms with Crippen LogP contribution in [0.3, 0.4) is 0 Å². The summed E-state index contributed by atoms with van der Waals surface area (Å²) in [6.07, 6.45) is 13.3. The van der Waals surface area contributed by atoms with Crippen molar-refractivity contribution in [3.05, 3.63) is 35.4 Å². The molecule has 0 aliphatic heterocycles. The molecule has 192 valence electrons. The van der Waals surface area contributed by atoms with Gasteiger partial charge in [-0.3, -0.25) is 14.4 Å². The molecule has 0 aliphatic carbocycles. The van der Waals surface area contributed by atoms with E-state index in [2.05, 4.69) is 36.5 Å². The van der Waals surface area contributed by atoms with Gasteiger partial charge in [0.2, 0.25) is 5.91 Å². The lowest BCUT2D eigenvalue weighted by Crippen LogP contribution is -2.52. The molecule has 1 aromatic carbocycles. The van der Waals surface area contributed by atoms with Crippen LogP contribution in [0.2, 0.25) is 0 Å². The summed E-state index contributed by atoms with van der Waals surface area (Å²) in [5.74, 6) is -1.00. The van der Waals surface area contributed by atoms with E-state index in [0.29, 0.717) is 19.3 Å². The molecular weight excluding hydrogens is 430 g/mol. The molecule has 1 amide bonds. The van der Waals surface area contributed by atoms with Crippen LogP contribution >= 0.6 is 0 Å². The van der Waals surface area contributed by atoms with Crippen LogP contribution in [0, 0.1) is 0 Å². The van der Waals surface area contributed by atoms with E-state index in [4.69, 9.17) is 9.47 Å². The number of carbonyl (C=O) groups is 3. The number of ether oxygens (including phenoxy) is 2. The van der Waals surface area contributed by atoms with Gasteiger partial charge in [0.25, 0.3) is 0 Å². The second kappa shape index (κ2) is 17.1. The Bertz CT molecular complexity index is 731. The van der Waals surface area contributed by atoms with Gasteiger partial charge in [-0.1, -0.05) is 76.1 Å². The van der Waals surface area contributed by atoms with E-state index in [9.17, 15) is 14.4 Å². The number of amides is 1. The first-order chi connectivity index (χ1) is 16.3. The van der Waals surface area contributed by atoms with E-state index in [1.165, 1.54) is 77.7 Å². The Morgan fingerprint density at radius 2 is 1.26 bits per heavy atom. The first-order valence-electron chi connectivity index (χ1n) is 12.9. The molecule has 0 aliphatic rings. The maximum atomic E-state index is 11.9. The Morgan fingerprint density at radius 1 is 0.735 bits per heavy atom. The number of hydrogen-bond donors (Lipinski definition) is 1. The van der Waals surface area contributed by atoms with Crippen molar-refractivity contribution >= 4 is 17.8 Å². The summed E-state index contributed by atoms with van der Waals surface area (Å²) in [4.78, 5) is 34.5. The number of benzene rings is 1. The minimum atomic E-state index is -0.789. The molecule has 0 fully saturated rings. The normalized spacial score (nSPS) is 12.6.